The van der Waals surface area contributed by atoms with Gasteiger partial charge in [-0.15, -0.1) is 0 Å². The molecule has 0 heterocycles. The third-order valence-corrected chi connectivity index (χ3v) is 4.44. The van der Waals surface area contributed by atoms with Crippen molar-refractivity contribution in [1.82, 2.24) is 0 Å². The Bertz CT molecular complexity index is 808. The molecule has 0 saturated heterocycles. The van der Waals surface area contributed by atoms with Crippen molar-refractivity contribution in [2.24, 2.45) is 0 Å². The summed E-state index contributed by atoms with van der Waals surface area (Å²) in [6.07, 6.45) is 4.33. The molecule has 2 N–H and O–H groups in total. The summed E-state index contributed by atoms with van der Waals surface area (Å²) < 4.78 is 5.78. The number of amides is 2. The third kappa shape index (κ3) is 6.57. The van der Waals surface area contributed by atoms with Gasteiger partial charge in [-0.3, -0.25) is 9.59 Å². The highest BCUT2D eigenvalue weighted by Crippen LogP contribution is 2.27. The van der Waals surface area contributed by atoms with Crippen LogP contribution >= 0.6 is 11.6 Å². The number of rotatable bonds is 10. The van der Waals surface area contributed by atoms with Gasteiger partial charge in [0.25, 0.3) is 5.91 Å². The highest BCUT2D eigenvalue weighted by atomic mass is 35.5. The van der Waals surface area contributed by atoms with Crippen LogP contribution in [0.4, 0.5) is 11.4 Å². The van der Waals surface area contributed by atoms with Gasteiger partial charge >= 0.3 is 0 Å². The molecule has 6 heteroatoms. The first-order valence-electron chi connectivity index (χ1n) is 9.67. The molecule has 0 bridgehead atoms. The number of ether oxygens (including phenoxy) is 1. The number of hydrogen-bond acceptors (Lipinski definition) is 3. The molecule has 2 aromatic carbocycles. The molecule has 2 rings (SSSR count). The lowest BCUT2D eigenvalue weighted by Gasteiger charge is -2.13. The maximum atomic E-state index is 12.8. The van der Waals surface area contributed by atoms with E-state index in [1.54, 1.807) is 36.4 Å². The minimum Gasteiger partial charge on any atom is -0.493 e. The van der Waals surface area contributed by atoms with Gasteiger partial charge in [0.1, 0.15) is 5.75 Å². The second-order valence-corrected chi connectivity index (χ2v) is 6.91. The Kier molecular flexibility index (Phi) is 8.82. The van der Waals surface area contributed by atoms with E-state index < -0.39 is 0 Å². The fraction of sp³-hybridized carbons (Fsp3) is 0.364. The summed E-state index contributed by atoms with van der Waals surface area (Å²) in [7, 11) is 0. The minimum atomic E-state index is -0.315. The van der Waals surface area contributed by atoms with Gasteiger partial charge in [-0.05, 0) is 43.2 Å². The summed E-state index contributed by atoms with van der Waals surface area (Å²) in [6, 6.07) is 12.1. The Labute approximate surface area is 171 Å². The first kappa shape index (κ1) is 21.8. The smallest absolute Gasteiger partial charge is 0.259 e. The third-order valence-electron chi connectivity index (χ3n) is 4.11. The fourth-order valence-electron chi connectivity index (χ4n) is 2.65. The molecule has 0 aliphatic carbocycles. The predicted octanol–water partition coefficient (Wildman–Crippen LogP) is 5.90. The van der Waals surface area contributed by atoms with Gasteiger partial charge in [0, 0.05) is 12.1 Å². The zero-order chi connectivity index (χ0) is 20.4. The number of unbranched alkanes of at least 4 members (excludes halogenated alkanes) is 2. The molecule has 0 aromatic heterocycles. The number of hydrogen-bond donors (Lipinski definition) is 2. The molecule has 0 unspecified atom stereocenters. The topological polar surface area (TPSA) is 67.4 Å². The molecular formula is C22H27ClN2O3. The van der Waals surface area contributed by atoms with Gasteiger partial charge in [0.15, 0.2) is 0 Å². The second-order valence-electron chi connectivity index (χ2n) is 6.50. The van der Waals surface area contributed by atoms with E-state index in [1.165, 1.54) is 0 Å². The molecule has 0 saturated carbocycles. The van der Waals surface area contributed by atoms with Gasteiger partial charge in [0.2, 0.25) is 5.91 Å². The standard InChI is InChI=1S/C22H27ClN2O3/c1-3-5-8-14-28-20-11-7-6-10-17(20)22(27)25-19-15-16(12-13-18(19)23)24-21(26)9-4-2/h6-7,10-13,15H,3-5,8-9,14H2,1-2H3,(H,24,26)(H,25,27). The molecule has 150 valence electrons. The quantitative estimate of drug-likeness (QED) is 0.486. The average Bonchev–Trinajstić information content (AvgIpc) is 2.68. The van der Waals surface area contributed by atoms with E-state index in [0.29, 0.717) is 40.7 Å². The maximum absolute atomic E-state index is 12.8. The summed E-state index contributed by atoms with van der Waals surface area (Å²) in [5.41, 5.74) is 1.46. The number of benzene rings is 2. The Morgan fingerprint density at radius 1 is 1.00 bits per heavy atom. The van der Waals surface area contributed by atoms with Crippen LogP contribution in [-0.4, -0.2) is 18.4 Å². The van der Waals surface area contributed by atoms with E-state index in [0.717, 1.165) is 25.7 Å². The lowest BCUT2D eigenvalue weighted by molar-refractivity contribution is -0.116. The Hall–Kier alpha value is -2.53. The molecule has 0 aliphatic heterocycles. The SMILES string of the molecule is CCCCCOc1ccccc1C(=O)Nc1cc(NC(=O)CCC)ccc1Cl. The van der Waals surface area contributed by atoms with Crippen molar-refractivity contribution in [1.29, 1.82) is 0 Å². The lowest BCUT2D eigenvalue weighted by Crippen LogP contribution is -2.15. The molecule has 0 atom stereocenters. The summed E-state index contributed by atoms with van der Waals surface area (Å²) in [5, 5.41) is 6.00. The number of carbonyl (C=O) groups is 2. The lowest BCUT2D eigenvalue weighted by atomic mass is 10.1. The summed E-state index contributed by atoms with van der Waals surface area (Å²) >= 11 is 6.22. The van der Waals surface area contributed by atoms with Crippen molar-refractivity contribution < 1.29 is 14.3 Å². The van der Waals surface area contributed by atoms with Gasteiger partial charge in [-0.25, -0.2) is 0 Å². The van der Waals surface area contributed by atoms with Gasteiger partial charge in [0.05, 0.1) is 22.9 Å². The van der Waals surface area contributed by atoms with E-state index in [9.17, 15) is 9.59 Å². The van der Waals surface area contributed by atoms with Crippen molar-refractivity contribution in [2.75, 3.05) is 17.2 Å². The number of anilines is 2. The van der Waals surface area contributed by atoms with Crippen LogP contribution < -0.4 is 15.4 Å². The molecule has 5 nitrogen and oxygen atoms in total. The highest BCUT2D eigenvalue weighted by molar-refractivity contribution is 6.34. The van der Waals surface area contributed by atoms with Crippen molar-refractivity contribution in [3.8, 4) is 5.75 Å². The Morgan fingerprint density at radius 3 is 2.54 bits per heavy atom. The number of halogens is 1. The molecule has 0 spiro atoms. The van der Waals surface area contributed by atoms with Gasteiger partial charge < -0.3 is 15.4 Å². The minimum absolute atomic E-state index is 0.0760. The highest BCUT2D eigenvalue weighted by Gasteiger charge is 2.14. The average molecular weight is 403 g/mol. The maximum Gasteiger partial charge on any atom is 0.259 e. The van der Waals surface area contributed by atoms with Crippen LogP contribution in [-0.2, 0) is 4.79 Å². The molecule has 0 aliphatic rings. The molecule has 0 radical (unpaired) electrons. The summed E-state index contributed by atoms with van der Waals surface area (Å²) in [5.74, 6) is 0.151. The van der Waals surface area contributed by atoms with E-state index >= 15 is 0 Å². The Balaban J connectivity index is 2.11. The monoisotopic (exact) mass is 402 g/mol. The summed E-state index contributed by atoms with van der Waals surface area (Å²) in [6.45, 7) is 4.64. The molecule has 2 amide bonds. The predicted molar refractivity (Wildman–Crippen MR) is 114 cm³/mol. The van der Waals surface area contributed by atoms with Gasteiger partial charge in [-0.2, -0.15) is 0 Å². The van der Waals surface area contributed by atoms with Crippen LogP contribution in [0.25, 0.3) is 0 Å². The van der Waals surface area contributed by atoms with Crippen molar-refractivity contribution in [3.63, 3.8) is 0 Å². The van der Waals surface area contributed by atoms with E-state index in [-0.39, 0.29) is 11.8 Å². The number of para-hydroxylation sites is 1. The zero-order valence-corrected chi connectivity index (χ0v) is 17.1. The Morgan fingerprint density at radius 2 is 1.79 bits per heavy atom. The fourth-order valence-corrected chi connectivity index (χ4v) is 2.82. The van der Waals surface area contributed by atoms with Gasteiger partial charge in [-0.1, -0.05) is 50.4 Å². The molecule has 2 aromatic rings. The normalized spacial score (nSPS) is 10.4. The van der Waals surface area contributed by atoms with Crippen molar-refractivity contribution >= 4 is 34.8 Å². The van der Waals surface area contributed by atoms with Crippen LogP contribution in [0, 0.1) is 0 Å². The molecule has 28 heavy (non-hydrogen) atoms. The summed E-state index contributed by atoms with van der Waals surface area (Å²) in [4.78, 5) is 24.6. The number of carbonyl (C=O) groups excluding carboxylic acids is 2. The second kappa shape index (κ2) is 11.3. The van der Waals surface area contributed by atoms with E-state index in [1.807, 2.05) is 13.0 Å². The molecule has 0 fully saturated rings. The van der Waals surface area contributed by atoms with Crippen LogP contribution in [0.15, 0.2) is 42.5 Å². The largest absolute Gasteiger partial charge is 0.493 e. The van der Waals surface area contributed by atoms with Crippen molar-refractivity contribution in [2.45, 2.75) is 46.0 Å². The van der Waals surface area contributed by atoms with E-state index in [2.05, 4.69) is 17.6 Å². The zero-order valence-electron chi connectivity index (χ0n) is 16.4. The van der Waals surface area contributed by atoms with Crippen LogP contribution in [0.3, 0.4) is 0 Å². The first-order chi connectivity index (χ1) is 13.5. The van der Waals surface area contributed by atoms with Crippen LogP contribution in [0.2, 0.25) is 5.02 Å². The van der Waals surface area contributed by atoms with E-state index in [4.69, 9.17) is 16.3 Å². The number of nitrogens with one attached hydrogen (secondary N) is 2. The first-order valence-corrected chi connectivity index (χ1v) is 10.1. The van der Waals surface area contributed by atoms with Crippen molar-refractivity contribution in [3.05, 3.63) is 53.1 Å². The van der Waals surface area contributed by atoms with Crippen LogP contribution in [0.5, 0.6) is 5.75 Å². The molecular weight excluding hydrogens is 376 g/mol. The van der Waals surface area contributed by atoms with Crippen LogP contribution in [0.1, 0.15) is 56.3 Å².